The Morgan fingerprint density at radius 3 is 2.83 bits per heavy atom. The summed E-state index contributed by atoms with van der Waals surface area (Å²) in [7, 11) is 1.94. The van der Waals surface area contributed by atoms with Gasteiger partial charge < -0.3 is 5.32 Å². The van der Waals surface area contributed by atoms with Gasteiger partial charge in [0.15, 0.2) is 0 Å². The first-order valence-corrected chi connectivity index (χ1v) is 4.39. The highest BCUT2D eigenvalue weighted by Crippen LogP contribution is 1.96. The van der Waals surface area contributed by atoms with Gasteiger partial charge in [0.1, 0.15) is 0 Å². The maximum absolute atomic E-state index is 4.10. The lowest BCUT2D eigenvalue weighted by Crippen LogP contribution is -2.24. The SMILES string of the molecule is CC(C)NCCc1cnn(C)c1. The van der Waals surface area contributed by atoms with Crippen molar-refractivity contribution >= 4 is 0 Å². The highest BCUT2D eigenvalue weighted by Gasteiger charge is 1.96. The minimum atomic E-state index is 0.571. The first-order valence-electron chi connectivity index (χ1n) is 4.39. The summed E-state index contributed by atoms with van der Waals surface area (Å²) in [5, 5.41) is 7.47. The quantitative estimate of drug-likeness (QED) is 0.724. The van der Waals surface area contributed by atoms with Gasteiger partial charge in [-0.25, -0.2) is 0 Å². The van der Waals surface area contributed by atoms with E-state index in [0.717, 1.165) is 13.0 Å². The Labute approximate surface area is 73.8 Å². The van der Waals surface area contributed by atoms with Crippen molar-refractivity contribution in [2.75, 3.05) is 6.54 Å². The Morgan fingerprint density at radius 1 is 1.58 bits per heavy atom. The molecule has 68 valence electrons. The normalized spacial score (nSPS) is 11.0. The third kappa shape index (κ3) is 3.05. The Hall–Kier alpha value is -0.830. The van der Waals surface area contributed by atoms with Crippen molar-refractivity contribution < 1.29 is 0 Å². The van der Waals surface area contributed by atoms with Crippen LogP contribution in [0, 0.1) is 0 Å². The first-order chi connectivity index (χ1) is 5.68. The number of aromatic nitrogens is 2. The van der Waals surface area contributed by atoms with Crippen molar-refractivity contribution in [1.29, 1.82) is 0 Å². The van der Waals surface area contributed by atoms with Gasteiger partial charge in [0, 0.05) is 19.3 Å². The van der Waals surface area contributed by atoms with E-state index in [1.54, 1.807) is 0 Å². The second-order valence-corrected chi connectivity index (χ2v) is 3.38. The van der Waals surface area contributed by atoms with Crippen molar-refractivity contribution in [3.05, 3.63) is 18.0 Å². The summed E-state index contributed by atoms with van der Waals surface area (Å²) in [6.45, 7) is 5.34. The van der Waals surface area contributed by atoms with Crippen molar-refractivity contribution in [3.63, 3.8) is 0 Å². The Bertz CT molecular complexity index is 227. The summed E-state index contributed by atoms with van der Waals surface area (Å²) in [5.74, 6) is 0. The Balaban J connectivity index is 2.24. The van der Waals surface area contributed by atoms with Crippen molar-refractivity contribution in [2.45, 2.75) is 26.3 Å². The molecule has 3 heteroatoms. The van der Waals surface area contributed by atoms with Crippen LogP contribution in [0.15, 0.2) is 12.4 Å². The van der Waals surface area contributed by atoms with E-state index in [4.69, 9.17) is 0 Å². The number of aryl methyl sites for hydroxylation is 1. The lowest BCUT2D eigenvalue weighted by molar-refractivity contribution is 0.590. The summed E-state index contributed by atoms with van der Waals surface area (Å²) in [6, 6.07) is 0.571. The summed E-state index contributed by atoms with van der Waals surface area (Å²) < 4.78 is 1.84. The number of nitrogens with zero attached hydrogens (tertiary/aromatic N) is 2. The van der Waals surface area contributed by atoms with E-state index in [9.17, 15) is 0 Å². The zero-order valence-corrected chi connectivity index (χ0v) is 8.04. The Morgan fingerprint density at radius 2 is 2.33 bits per heavy atom. The van der Waals surface area contributed by atoms with Crippen LogP contribution in [0.5, 0.6) is 0 Å². The molecular weight excluding hydrogens is 150 g/mol. The molecule has 0 aliphatic heterocycles. The fourth-order valence-corrected chi connectivity index (χ4v) is 1.11. The van der Waals surface area contributed by atoms with Crippen molar-refractivity contribution in [2.24, 2.45) is 7.05 Å². The molecule has 0 atom stereocenters. The van der Waals surface area contributed by atoms with Crippen molar-refractivity contribution in [1.82, 2.24) is 15.1 Å². The predicted octanol–water partition coefficient (Wildman–Crippen LogP) is 0.961. The van der Waals surface area contributed by atoms with Gasteiger partial charge in [-0.05, 0) is 18.5 Å². The summed E-state index contributed by atoms with van der Waals surface area (Å²) in [4.78, 5) is 0. The molecule has 0 fully saturated rings. The first kappa shape index (κ1) is 9.26. The predicted molar refractivity (Wildman–Crippen MR) is 50.1 cm³/mol. The van der Waals surface area contributed by atoms with Crippen LogP contribution >= 0.6 is 0 Å². The van der Waals surface area contributed by atoms with E-state index in [-0.39, 0.29) is 0 Å². The van der Waals surface area contributed by atoms with Gasteiger partial charge in [-0.3, -0.25) is 4.68 Å². The third-order valence-corrected chi connectivity index (χ3v) is 1.72. The van der Waals surface area contributed by atoms with Gasteiger partial charge in [-0.2, -0.15) is 5.10 Å². The van der Waals surface area contributed by atoms with Gasteiger partial charge in [-0.15, -0.1) is 0 Å². The third-order valence-electron chi connectivity index (χ3n) is 1.72. The molecule has 0 radical (unpaired) electrons. The number of nitrogens with one attached hydrogen (secondary N) is 1. The van der Waals surface area contributed by atoms with Gasteiger partial charge in [-0.1, -0.05) is 13.8 Å². The van der Waals surface area contributed by atoms with E-state index in [1.807, 2.05) is 17.9 Å². The molecule has 0 amide bonds. The Kier molecular flexibility index (Phi) is 3.29. The van der Waals surface area contributed by atoms with Crippen LogP contribution in [-0.2, 0) is 13.5 Å². The zero-order chi connectivity index (χ0) is 8.97. The maximum atomic E-state index is 4.10. The second kappa shape index (κ2) is 4.26. The fraction of sp³-hybridized carbons (Fsp3) is 0.667. The molecule has 0 unspecified atom stereocenters. The van der Waals surface area contributed by atoms with E-state index < -0.39 is 0 Å². The topological polar surface area (TPSA) is 29.9 Å². The fourth-order valence-electron chi connectivity index (χ4n) is 1.11. The lowest BCUT2D eigenvalue weighted by Gasteiger charge is -2.05. The molecular formula is C9H17N3. The van der Waals surface area contributed by atoms with Gasteiger partial charge in [0.05, 0.1) is 6.20 Å². The molecule has 0 bridgehead atoms. The van der Waals surface area contributed by atoms with Crippen molar-refractivity contribution in [3.8, 4) is 0 Å². The van der Waals surface area contributed by atoms with E-state index in [2.05, 4.69) is 30.5 Å². The highest BCUT2D eigenvalue weighted by atomic mass is 15.2. The van der Waals surface area contributed by atoms with Crippen LogP contribution in [0.4, 0.5) is 0 Å². The molecule has 12 heavy (non-hydrogen) atoms. The molecule has 0 saturated carbocycles. The minimum absolute atomic E-state index is 0.571. The van der Waals surface area contributed by atoms with E-state index in [0.29, 0.717) is 6.04 Å². The summed E-state index contributed by atoms with van der Waals surface area (Å²) in [6.07, 6.45) is 5.04. The second-order valence-electron chi connectivity index (χ2n) is 3.38. The van der Waals surface area contributed by atoms with Gasteiger partial charge in [0.25, 0.3) is 0 Å². The average Bonchev–Trinajstić information content (AvgIpc) is 2.35. The molecule has 0 spiro atoms. The largest absolute Gasteiger partial charge is 0.314 e. The average molecular weight is 167 g/mol. The molecule has 3 nitrogen and oxygen atoms in total. The molecule has 1 N–H and O–H groups in total. The molecule has 0 saturated heterocycles. The van der Waals surface area contributed by atoms with E-state index >= 15 is 0 Å². The summed E-state index contributed by atoms with van der Waals surface area (Å²) in [5.41, 5.74) is 1.30. The van der Waals surface area contributed by atoms with Crippen LogP contribution in [0.3, 0.4) is 0 Å². The molecule has 0 aliphatic carbocycles. The maximum Gasteiger partial charge on any atom is 0.0522 e. The smallest absolute Gasteiger partial charge is 0.0522 e. The van der Waals surface area contributed by atoms with Crippen LogP contribution in [0.1, 0.15) is 19.4 Å². The molecule has 0 aliphatic rings. The van der Waals surface area contributed by atoms with Gasteiger partial charge >= 0.3 is 0 Å². The lowest BCUT2D eigenvalue weighted by atomic mass is 10.2. The molecule has 1 aromatic rings. The van der Waals surface area contributed by atoms with Crippen LogP contribution in [0.25, 0.3) is 0 Å². The van der Waals surface area contributed by atoms with Gasteiger partial charge in [0.2, 0.25) is 0 Å². The van der Waals surface area contributed by atoms with Crippen LogP contribution in [0.2, 0.25) is 0 Å². The van der Waals surface area contributed by atoms with E-state index in [1.165, 1.54) is 5.56 Å². The monoisotopic (exact) mass is 167 g/mol. The zero-order valence-electron chi connectivity index (χ0n) is 8.04. The highest BCUT2D eigenvalue weighted by molar-refractivity contribution is 5.03. The van der Waals surface area contributed by atoms with Crippen LogP contribution in [-0.4, -0.2) is 22.4 Å². The number of hydrogen-bond donors (Lipinski definition) is 1. The standard InChI is InChI=1S/C9H17N3/c1-8(2)10-5-4-9-6-11-12(3)7-9/h6-8,10H,4-5H2,1-3H3. The molecule has 1 aromatic heterocycles. The number of rotatable bonds is 4. The molecule has 1 rings (SSSR count). The van der Waals surface area contributed by atoms with Crippen LogP contribution < -0.4 is 5.32 Å². The molecule has 0 aromatic carbocycles. The molecule has 1 heterocycles. The summed E-state index contributed by atoms with van der Waals surface area (Å²) >= 11 is 0. The number of hydrogen-bond acceptors (Lipinski definition) is 2. The minimum Gasteiger partial charge on any atom is -0.314 e.